The molecule has 2 rings (SSSR count). The van der Waals surface area contributed by atoms with E-state index in [-0.39, 0.29) is 12.5 Å². The van der Waals surface area contributed by atoms with Crippen molar-refractivity contribution in [3.05, 3.63) is 24.5 Å². The maximum atomic E-state index is 11.5. The first kappa shape index (κ1) is 13.0. The van der Waals surface area contributed by atoms with Gasteiger partial charge in [-0.1, -0.05) is 0 Å². The van der Waals surface area contributed by atoms with E-state index in [2.05, 4.69) is 20.8 Å². The van der Waals surface area contributed by atoms with E-state index in [1.807, 2.05) is 0 Å². The van der Waals surface area contributed by atoms with E-state index < -0.39 is 0 Å². The normalized spacial score (nSPS) is 10.2. The summed E-state index contributed by atoms with van der Waals surface area (Å²) in [5.74, 6) is 0.354. The average molecular weight is 263 g/mol. The number of hydrogen-bond acceptors (Lipinski definition) is 6. The first-order chi connectivity index (χ1) is 9.24. The lowest BCUT2D eigenvalue weighted by Crippen LogP contribution is -2.17. The van der Waals surface area contributed by atoms with Gasteiger partial charge in [0.2, 0.25) is 5.91 Å². The molecule has 1 heterocycles. The van der Waals surface area contributed by atoms with Crippen LogP contribution in [0, 0.1) is 0 Å². The van der Waals surface area contributed by atoms with Gasteiger partial charge in [-0.05, 0) is 28.6 Å². The van der Waals surface area contributed by atoms with Gasteiger partial charge in [0.1, 0.15) is 24.4 Å². The van der Waals surface area contributed by atoms with E-state index in [1.54, 1.807) is 25.3 Å². The van der Waals surface area contributed by atoms with Crippen LogP contribution in [0.2, 0.25) is 0 Å². The molecule has 8 heteroatoms. The number of nitrogens with one attached hydrogen (secondary N) is 1. The summed E-state index contributed by atoms with van der Waals surface area (Å²) in [7, 11) is 3.01. The molecule has 0 fully saturated rings. The molecule has 100 valence electrons. The first-order valence-corrected chi connectivity index (χ1v) is 5.45. The Labute approximate surface area is 109 Å². The average Bonchev–Trinajstić information content (AvgIpc) is 2.92. The lowest BCUT2D eigenvalue weighted by molar-refractivity contribution is -0.119. The fourth-order valence-corrected chi connectivity index (χ4v) is 1.55. The van der Waals surface area contributed by atoms with E-state index in [1.165, 1.54) is 18.1 Å². The second-order valence-corrected chi connectivity index (χ2v) is 3.62. The largest absolute Gasteiger partial charge is 0.494 e. The number of nitrogens with zero attached hydrogens (tertiary/aromatic N) is 4. The summed E-state index contributed by atoms with van der Waals surface area (Å²) in [5.41, 5.74) is 1.23. The van der Waals surface area contributed by atoms with Gasteiger partial charge in [0.05, 0.1) is 7.11 Å². The first-order valence-electron chi connectivity index (χ1n) is 5.45. The highest BCUT2D eigenvalue weighted by molar-refractivity contribution is 5.92. The number of hydrogen-bond donors (Lipinski definition) is 1. The van der Waals surface area contributed by atoms with Crippen LogP contribution < -0.4 is 10.1 Å². The van der Waals surface area contributed by atoms with Gasteiger partial charge in [0.15, 0.2) is 0 Å². The molecule has 0 atom stereocenters. The van der Waals surface area contributed by atoms with Gasteiger partial charge >= 0.3 is 0 Å². The fraction of sp³-hybridized carbons (Fsp3) is 0.273. The highest BCUT2D eigenvalue weighted by Gasteiger charge is 2.09. The second-order valence-electron chi connectivity index (χ2n) is 3.62. The molecule has 1 aromatic carbocycles. The van der Waals surface area contributed by atoms with Crippen LogP contribution in [0.3, 0.4) is 0 Å². The highest BCUT2D eigenvalue weighted by Crippen LogP contribution is 2.25. The molecule has 8 nitrogen and oxygen atoms in total. The molecular formula is C11H13N5O3. The second kappa shape index (κ2) is 5.91. The predicted molar refractivity (Wildman–Crippen MR) is 66.2 cm³/mol. The number of benzene rings is 1. The third kappa shape index (κ3) is 3.05. The molecule has 19 heavy (non-hydrogen) atoms. The summed E-state index contributed by atoms with van der Waals surface area (Å²) in [5, 5.41) is 13.6. The molecule has 0 spiro atoms. The van der Waals surface area contributed by atoms with Crippen molar-refractivity contribution in [2.24, 2.45) is 0 Å². The van der Waals surface area contributed by atoms with E-state index in [4.69, 9.17) is 9.47 Å². The number of amides is 1. The number of methoxy groups -OCH3 is 2. The van der Waals surface area contributed by atoms with Crippen LogP contribution in [-0.2, 0) is 9.53 Å². The standard InChI is InChI=1S/C11H13N5O3/c1-18-6-11(17)13-8-3-4-10(19-2)9(5-8)16-7-12-14-15-16/h3-5,7H,6H2,1-2H3,(H,13,17). The molecule has 0 bridgehead atoms. The minimum absolute atomic E-state index is 0.00769. The Hall–Kier alpha value is -2.48. The van der Waals surface area contributed by atoms with Crippen molar-refractivity contribution in [3.63, 3.8) is 0 Å². The number of carbonyl (C=O) groups excluding carboxylic acids is 1. The summed E-state index contributed by atoms with van der Waals surface area (Å²) in [4.78, 5) is 11.5. The van der Waals surface area contributed by atoms with E-state index in [0.29, 0.717) is 17.1 Å². The monoisotopic (exact) mass is 263 g/mol. The Balaban J connectivity index is 2.28. The smallest absolute Gasteiger partial charge is 0.250 e. The quantitative estimate of drug-likeness (QED) is 0.831. The van der Waals surface area contributed by atoms with Crippen LogP contribution in [0.5, 0.6) is 5.75 Å². The molecule has 0 aliphatic carbocycles. The van der Waals surface area contributed by atoms with Gasteiger partial charge in [-0.25, -0.2) is 0 Å². The van der Waals surface area contributed by atoms with E-state index >= 15 is 0 Å². The molecule has 1 amide bonds. The topological polar surface area (TPSA) is 91.2 Å². The fourth-order valence-electron chi connectivity index (χ4n) is 1.55. The minimum Gasteiger partial charge on any atom is -0.494 e. The third-order valence-corrected chi connectivity index (χ3v) is 2.33. The summed E-state index contributed by atoms with van der Waals surface area (Å²) in [6.07, 6.45) is 1.44. The molecular weight excluding hydrogens is 250 g/mol. The lowest BCUT2D eigenvalue weighted by atomic mass is 10.2. The van der Waals surface area contributed by atoms with Crippen molar-refractivity contribution in [2.75, 3.05) is 26.1 Å². The van der Waals surface area contributed by atoms with Gasteiger partial charge in [0.25, 0.3) is 0 Å². The Bertz CT molecular complexity index is 555. The number of ether oxygens (including phenoxy) is 2. The summed E-state index contributed by atoms with van der Waals surface area (Å²) in [6, 6.07) is 5.16. The molecule has 0 unspecified atom stereocenters. The van der Waals surface area contributed by atoms with Gasteiger partial charge in [-0.2, -0.15) is 4.68 Å². The Kier molecular flexibility index (Phi) is 4.04. The number of tetrazole rings is 1. The molecule has 0 aliphatic heterocycles. The molecule has 0 saturated heterocycles. The van der Waals surface area contributed by atoms with Crippen LogP contribution in [0.15, 0.2) is 24.5 Å². The Morgan fingerprint density at radius 3 is 2.89 bits per heavy atom. The Morgan fingerprint density at radius 2 is 2.26 bits per heavy atom. The zero-order chi connectivity index (χ0) is 13.7. The predicted octanol–water partition coefficient (Wildman–Crippen LogP) is 0.256. The molecule has 2 aromatic rings. The maximum Gasteiger partial charge on any atom is 0.250 e. The van der Waals surface area contributed by atoms with Crippen molar-refractivity contribution in [1.82, 2.24) is 20.2 Å². The van der Waals surface area contributed by atoms with E-state index in [0.717, 1.165) is 0 Å². The lowest BCUT2D eigenvalue weighted by Gasteiger charge is -2.10. The van der Waals surface area contributed by atoms with Crippen LogP contribution in [0.4, 0.5) is 5.69 Å². The summed E-state index contributed by atoms with van der Waals surface area (Å²) >= 11 is 0. The molecule has 0 radical (unpaired) electrons. The maximum absolute atomic E-state index is 11.5. The number of anilines is 1. The zero-order valence-corrected chi connectivity index (χ0v) is 10.5. The number of rotatable bonds is 5. The van der Waals surface area contributed by atoms with E-state index in [9.17, 15) is 4.79 Å². The van der Waals surface area contributed by atoms with Crippen LogP contribution in [0.25, 0.3) is 5.69 Å². The Morgan fingerprint density at radius 1 is 1.42 bits per heavy atom. The highest BCUT2D eigenvalue weighted by atomic mass is 16.5. The number of carbonyl (C=O) groups is 1. The van der Waals surface area contributed by atoms with Crippen molar-refractivity contribution in [3.8, 4) is 11.4 Å². The van der Waals surface area contributed by atoms with Gasteiger partial charge in [0, 0.05) is 12.8 Å². The molecule has 1 aromatic heterocycles. The molecule has 1 N–H and O–H groups in total. The summed E-state index contributed by atoms with van der Waals surface area (Å²) in [6.45, 7) is -0.00769. The van der Waals surface area contributed by atoms with Crippen LogP contribution in [-0.4, -0.2) is 46.9 Å². The third-order valence-electron chi connectivity index (χ3n) is 2.33. The SMILES string of the molecule is COCC(=O)Nc1ccc(OC)c(-n2cnnn2)c1. The minimum atomic E-state index is -0.240. The number of aromatic nitrogens is 4. The van der Waals surface area contributed by atoms with Crippen molar-refractivity contribution in [2.45, 2.75) is 0 Å². The van der Waals surface area contributed by atoms with Crippen molar-refractivity contribution in [1.29, 1.82) is 0 Å². The van der Waals surface area contributed by atoms with Crippen LogP contribution >= 0.6 is 0 Å². The van der Waals surface area contributed by atoms with Gasteiger partial charge < -0.3 is 14.8 Å². The van der Waals surface area contributed by atoms with Crippen molar-refractivity contribution < 1.29 is 14.3 Å². The molecule has 0 aliphatic rings. The van der Waals surface area contributed by atoms with Crippen molar-refractivity contribution >= 4 is 11.6 Å². The summed E-state index contributed by atoms with van der Waals surface area (Å²) < 4.78 is 11.4. The zero-order valence-electron chi connectivity index (χ0n) is 10.5. The van der Waals surface area contributed by atoms with Crippen LogP contribution in [0.1, 0.15) is 0 Å². The molecule has 0 saturated carbocycles. The van der Waals surface area contributed by atoms with Gasteiger partial charge in [-0.15, -0.1) is 5.10 Å². The van der Waals surface area contributed by atoms with Gasteiger partial charge in [-0.3, -0.25) is 4.79 Å².